The number of Topliss-reactive ketones (excluding diaryl/α,β-unsaturated/α-hetero) is 2. The van der Waals surface area contributed by atoms with E-state index in [1.807, 2.05) is 13.0 Å². The number of hydrogen-bond donors (Lipinski definition) is 0. The van der Waals surface area contributed by atoms with Crippen LogP contribution in [0.2, 0.25) is 0 Å². The standard InChI is InChI=1S/C21H32O3/c1-7-19(4)12-16(24-6)20(5)13(2)8-10-21(14(3)18(19)23)11-9-15(22)17(20)21/h7,13-14,16-17H,1,8-12H2,2-6H3. The fraction of sp³-hybridized carbons (Fsp3) is 0.810. The fourth-order valence-electron chi connectivity index (χ4n) is 6.45. The van der Waals surface area contributed by atoms with Gasteiger partial charge in [0.25, 0.3) is 0 Å². The van der Waals surface area contributed by atoms with Gasteiger partial charge in [0.1, 0.15) is 11.6 Å². The summed E-state index contributed by atoms with van der Waals surface area (Å²) in [7, 11) is 1.73. The maximum Gasteiger partial charge on any atom is 0.145 e. The molecule has 3 saturated carbocycles. The van der Waals surface area contributed by atoms with Crippen molar-refractivity contribution in [3.63, 3.8) is 0 Å². The van der Waals surface area contributed by atoms with E-state index in [0.717, 1.165) is 19.3 Å². The molecule has 0 aliphatic heterocycles. The van der Waals surface area contributed by atoms with E-state index in [1.54, 1.807) is 7.11 Å². The minimum atomic E-state index is -0.581. The zero-order valence-corrected chi connectivity index (χ0v) is 15.9. The Bertz CT molecular complexity index is 582. The first-order valence-electron chi connectivity index (χ1n) is 9.41. The van der Waals surface area contributed by atoms with Gasteiger partial charge in [-0.1, -0.05) is 26.8 Å². The van der Waals surface area contributed by atoms with E-state index >= 15 is 0 Å². The Labute approximate surface area is 146 Å². The smallest absolute Gasteiger partial charge is 0.145 e. The summed E-state index contributed by atoms with van der Waals surface area (Å²) in [6.07, 6.45) is 5.87. The first kappa shape index (κ1) is 17.8. The summed E-state index contributed by atoms with van der Waals surface area (Å²) in [5.74, 6) is 0.870. The van der Waals surface area contributed by atoms with Crippen LogP contribution in [0.1, 0.15) is 59.8 Å². The Hall–Kier alpha value is -0.960. The lowest BCUT2D eigenvalue weighted by Crippen LogP contribution is -2.61. The van der Waals surface area contributed by atoms with Gasteiger partial charge in [0.15, 0.2) is 0 Å². The number of ketones is 2. The van der Waals surface area contributed by atoms with E-state index in [1.165, 1.54) is 0 Å². The predicted molar refractivity (Wildman–Crippen MR) is 94.6 cm³/mol. The van der Waals surface area contributed by atoms with Crippen molar-refractivity contribution >= 4 is 11.6 Å². The van der Waals surface area contributed by atoms with Gasteiger partial charge in [-0.25, -0.2) is 0 Å². The molecule has 24 heavy (non-hydrogen) atoms. The van der Waals surface area contributed by atoms with Crippen LogP contribution in [0.25, 0.3) is 0 Å². The second kappa shape index (κ2) is 5.52. The molecule has 0 amide bonds. The second-order valence-electron chi connectivity index (χ2n) is 9.07. The van der Waals surface area contributed by atoms with Crippen LogP contribution in [-0.4, -0.2) is 24.8 Å². The molecule has 0 N–H and O–H groups in total. The highest BCUT2D eigenvalue weighted by molar-refractivity contribution is 5.92. The third-order valence-corrected chi connectivity index (χ3v) is 8.32. The molecule has 0 aromatic carbocycles. The molecule has 0 radical (unpaired) electrons. The SMILES string of the molecule is C=CC1(C)CC(OC)C2(C)C(C)CCC3(CCC(=O)C32)C(C)C1=O. The molecule has 3 aliphatic carbocycles. The quantitative estimate of drug-likeness (QED) is 0.712. The van der Waals surface area contributed by atoms with Crippen LogP contribution in [0.5, 0.6) is 0 Å². The van der Waals surface area contributed by atoms with Crippen molar-refractivity contribution in [2.75, 3.05) is 7.11 Å². The highest BCUT2D eigenvalue weighted by Gasteiger charge is 2.67. The number of rotatable bonds is 2. The fourth-order valence-corrected chi connectivity index (χ4v) is 6.45. The number of allylic oxidation sites excluding steroid dienone is 1. The van der Waals surface area contributed by atoms with E-state index in [9.17, 15) is 9.59 Å². The van der Waals surface area contributed by atoms with E-state index in [-0.39, 0.29) is 34.6 Å². The van der Waals surface area contributed by atoms with Crippen LogP contribution in [0, 0.1) is 34.0 Å². The molecule has 0 aromatic rings. The molecule has 3 fully saturated rings. The van der Waals surface area contributed by atoms with Crippen LogP contribution in [0.3, 0.4) is 0 Å². The third-order valence-electron chi connectivity index (χ3n) is 8.32. The van der Waals surface area contributed by atoms with Crippen LogP contribution in [-0.2, 0) is 14.3 Å². The molecule has 3 nitrogen and oxygen atoms in total. The van der Waals surface area contributed by atoms with Gasteiger partial charge >= 0.3 is 0 Å². The van der Waals surface area contributed by atoms with Crippen LogP contribution in [0.15, 0.2) is 12.7 Å². The van der Waals surface area contributed by atoms with Crippen molar-refractivity contribution in [2.45, 2.75) is 65.9 Å². The number of carbonyl (C=O) groups excluding carboxylic acids is 2. The maximum absolute atomic E-state index is 13.4. The van der Waals surface area contributed by atoms with Gasteiger partial charge in [-0.15, -0.1) is 6.58 Å². The van der Waals surface area contributed by atoms with Gasteiger partial charge in [-0.3, -0.25) is 9.59 Å². The summed E-state index contributed by atoms with van der Waals surface area (Å²) in [4.78, 5) is 26.4. The zero-order valence-electron chi connectivity index (χ0n) is 15.9. The maximum atomic E-state index is 13.4. The number of ether oxygens (including phenoxy) is 1. The Balaban J connectivity index is 2.24. The molecule has 0 saturated heterocycles. The molecular weight excluding hydrogens is 300 g/mol. The van der Waals surface area contributed by atoms with Crippen molar-refractivity contribution < 1.29 is 14.3 Å². The van der Waals surface area contributed by atoms with E-state index in [4.69, 9.17) is 4.74 Å². The summed E-state index contributed by atoms with van der Waals surface area (Å²) in [5, 5.41) is 0. The van der Waals surface area contributed by atoms with Crippen molar-refractivity contribution in [3.8, 4) is 0 Å². The van der Waals surface area contributed by atoms with Crippen LogP contribution in [0.4, 0.5) is 0 Å². The lowest BCUT2D eigenvalue weighted by atomic mass is 9.44. The van der Waals surface area contributed by atoms with Crippen LogP contribution < -0.4 is 0 Å². The van der Waals surface area contributed by atoms with Crippen molar-refractivity contribution in [1.82, 2.24) is 0 Å². The monoisotopic (exact) mass is 332 g/mol. The Morgan fingerprint density at radius 3 is 2.46 bits per heavy atom. The molecule has 7 unspecified atom stereocenters. The van der Waals surface area contributed by atoms with Crippen molar-refractivity contribution in [1.29, 1.82) is 0 Å². The molecule has 0 spiro atoms. The lowest BCUT2D eigenvalue weighted by Gasteiger charge is -2.60. The summed E-state index contributed by atoms with van der Waals surface area (Å²) in [5.41, 5.74) is -0.973. The summed E-state index contributed by atoms with van der Waals surface area (Å²) < 4.78 is 5.97. The van der Waals surface area contributed by atoms with Gasteiger partial charge in [0.05, 0.1) is 6.10 Å². The molecule has 2 bridgehead atoms. The van der Waals surface area contributed by atoms with E-state index in [2.05, 4.69) is 27.4 Å². The summed E-state index contributed by atoms with van der Waals surface area (Å²) in [6.45, 7) is 12.6. The molecular formula is C21H32O3. The largest absolute Gasteiger partial charge is 0.381 e. The van der Waals surface area contributed by atoms with Crippen molar-refractivity contribution in [3.05, 3.63) is 12.7 Å². The van der Waals surface area contributed by atoms with Gasteiger partial charge in [0.2, 0.25) is 0 Å². The van der Waals surface area contributed by atoms with Crippen molar-refractivity contribution in [2.24, 2.45) is 34.0 Å². The Morgan fingerprint density at radius 1 is 1.21 bits per heavy atom. The average Bonchev–Trinajstić information content (AvgIpc) is 2.92. The summed E-state index contributed by atoms with van der Waals surface area (Å²) in [6, 6.07) is 0. The first-order chi connectivity index (χ1) is 11.2. The summed E-state index contributed by atoms with van der Waals surface area (Å²) >= 11 is 0. The zero-order chi connectivity index (χ0) is 17.9. The molecule has 7 atom stereocenters. The Morgan fingerprint density at radius 2 is 1.88 bits per heavy atom. The highest BCUT2D eigenvalue weighted by atomic mass is 16.5. The molecule has 0 heterocycles. The number of carbonyl (C=O) groups is 2. The Kier molecular flexibility index (Phi) is 4.11. The molecule has 3 aliphatic rings. The van der Waals surface area contributed by atoms with Crippen LogP contribution >= 0.6 is 0 Å². The van der Waals surface area contributed by atoms with E-state index < -0.39 is 5.41 Å². The molecule has 3 rings (SSSR count). The minimum Gasteiger partial charge on any atom is -0.381 e. The first-order valence-corrected chi connectivity index (χ1v) is 9.41. The molecule has 134 valence electrons. The number of methoxy groups -OCH3 is 1. The van der Waals surface area contributed by atoms with Gasteiger partial charge < -0.3 is 4.74 Å². The van der Waals surface area contributed by atoms with E-state index in [0.29, 0.717) is 24.5 Å². The van der Waals surface area contributed by atoms with Gasteiger partial charge in [0, 0.05) is 36.2 Å². The highest BCUT2D eigenvalue weighted by Crippen LogP contribution is 2.67. The molecule has 0 aromatic heterocycles. The van der Waals surface area contributed by atoms with Gasteiger partial charge in [-0.2, -0.15) is 0 Å². The minimum absolute atomic E-state index is 0.0491. The topological polar surface area (TPSA) is 43.4 Å². The van der Waals surface area contributed by atoms with Gasteiger partial charge in [-0.05, 0) is 43.9 Å². The third kappa shape index (κ3) is 2.00. The number of hydrogen-bond acceptors (Lipinski definition) is 3. The second-order valence-corrected chi connectivity index (χ2v) is 9.07. The average molecular weight is 332 g/mol. The molecule has 3 heteroatoms. The lowest BCUT2D eigenvalue weighted by molar-refractivity contribution is -0.180. The predicted octanol–water partition coefficient (Wildman–Crippen LogP) is 4.20. The normalized spacial score (nSPS) is 51.7.